The molecule has 0 aliphatic rings. The summed E-state index contributed by atoms with van der Waals surface area (Å²) in [5.41, 5.74) is 0.487. The number of ether oxygens (including phenoxy) is 1. The van der Waals surface area contributed by atoms with Gasteiger partial charge in [-0.3, -0.25) is 4.98 Å². The summed E-state index contributed by atoms with van der Waals surface area (Å²) in [6, 6.07) is 3.77. The van der Waals surface area contributed by atoms with Crippen molar-refractivity contribution in [2.45, 2.75) is 6.92 Å². The van der Waals surface area contributed by atoms with Crippen LogP contribution in [0.4, 0.5) is 0 Å². The van der Waals surface area contributed by atoms with Crippen LogP contribution < -0.4 is 0 Å². The summed E-state index contributed by atoms with van der Waals surface area (Å²) in [6.07, 6.45) is 5.11. The van der Waals surface area contributed by atoms with Crippen molar-refractivity contribution in [2.75, 3.05) is 6.61 Å². The van der Waals surface area contributed by atoms with E-state index in [1.54, 1.807) is 30.7 Å². The molecular weight excluding hydrogens is 248 g/mol. The van der Waals surface area contributed by atoms with Crippen molar-refractivity contribution in [1.82, 2.24) is 9.97 Å². The molecule has 5 heteroatoms. The van der Waals surface area contributed by atoms with Gasteiger partial charge in [0.1, 0.15) is 4.83 Å². The smallest absolute Gasteiger partial charge is 0.339 e. The van der Waals surface area contributed by atoms with E-state index < -0.39 is 0 Å². The third-order valence-electron chi connectivity index (χ3n) is 2.64. The maximum Gasteiger partial charge on any atom is 0.339 e. The largest absolute Gasteiger partial charge is 0.462 e. The Bertz CT molecular complexity index is 736. The van der Waals surface area contributed by atoms with E-state index in [1.807, 2.05) is 18.3 Å². The highest BCUT2D eigenvalue weighted by atomic mass is 32.1. The Balaban J connectivity index is 2.21. The van der Waals surface area contributed by atoms with Gasteiger partial charge < -0.3 is 4.74 Å². The molecular formula is C13H10N2O2S. The van der Waals surface area contributed by atoms with Gasteiger partial charge in [0.15, 0.2) is 0 Å². The van der Waals surface area contributed by atoms with Gasteiger partial charge in [0.2, 0.25) is 0 Å². The van der Waals surface area contributed by atoms with E-state index in [0.29, 0.717) is 12.2 Å². The molecule has 3 heterocycles. The van der Waals surface area contributed by atoms with Gasteiger partial charge in [-0.05, 0) is 19.1 Å². The monoisotopic (exact) mass is 258 g/mol. The first kappa shape index (κ1) is 11.1. The molecule has 0 aliphatic carbocycles. The SMILES string of the molecule is CCOC(=O)c1cnc2sc3cnccc3c2c1. The molecule has 3 rings (SSSR count). The lowest BCUT2D eigenvalue weighted by Gasteiger charge is -2.00. The fourth-order valence-electron chi connectivity index (χ4n) is 1.84. The van der Waals surface area contributed by atoms with Gasteiger partial charge in [0.05, 0.1) is 16.9 Å². The second-order valence-corrected chi connectivity index (χ2v) is 4.80. The highest BCUT2D eigenvalue weighted by Crippen LogP contribution is 2.32. The average Bonchev–Trinajstić information content (AvgIpc) is 2.76. The lowest BCUT2D eigenvalue weighted by atomic mass is 10.2. The number of carbonyl (C=O) groups excluding carboxylic acids is 1. The Morgan fingerprint density at radius 1 is 1.39 bits per heavy atom. The molecule has 3 aromatic rings. The van der Waals surface area contributed by atoms with Crippen molar-refractivity contribution in [1.29, 1.82) is 0 Å². The van der Waals surface area contributed by atoms with Crippen LogP contribution in [-0.2, 0) is 4.74 Å². The first-order valence-corrected chi connectivity index (χ1v) is 6.40. The van der Waals surface area contributed by atoms with Crippen LogP contribution in [0.3, 0.4) is 0 Å². The number of hydrogen-bond acceptors (Lipinski definition) is 5. The number of hydrogen-bond donors (Lipinski definition) is 0. The highest BCUT2D eigenvalue weighted by molar-refractivity contribution is 7.25. The maximum atomic E-state index is 11.7. The van der Waals surface area contributed by atoms with Crippen LogP contribution in [0.2, 0.25) is 0 Å². The molecule has 0 aromatic carbocycles. The van der Waals surface area contributed by atoms with Crippen LogP contribution in [0, 0.1) is 0 Å². The lowest BCUT2D eigenvalue weighted by Crippen LogP contribution is -2.04. The molecule has 0 amide bonds. The molecule has 0 saturated heterocycles. The number of pyridine rings is 2. The fraction of sp³-hybridized carbons (Fsp3) is 0.154. The zero-order chi connectivity index (χ0) is 12.5. The second-order valence-electron chi connectivity index (χ2n) is 3.77. The number of nitrogens with zero attached hydrogens (tertiary/aromatic N) is 2. The van der Waals surface area contributed by atoms with E-state index in [2.05, 4.69) is 9.97 Å². The van der Waals surface area contributed by atoms with E-state index in [0.717, 1.165) is 20.3 Å². The molecule has 0 atom stereocenters. The zero-order valence-corrected chi connectivity index (χ0v) is 10.5. The molecule has 0 radical (unpaired) electrons. The molecule has 90 valence electrons. The first-order chi connectivity index (χ1) is 8.79. The van der Waals surface area contributed by atoms with E-state index in [1.165, 1.54) is 0 Å². The standard InChI is InChI=1S/C13H10N2O2S/c1-2-17-13(16)8-5-10-9-3-4-14-7-11(9)18-12(10)15-6-8/h3-7H,2H2,1H3. The Morgan fingerprint density at radius 2 is 2.28 bits per heavy atom. The number of thiophene rings is 1. The normalized spacial score (nSPS) is 10.9. The van der Waals surface area contributed by atoms with Crippen LogP contribution in [0.5, 0.6) is 0 Å². The topological polar surface area (TPSA) is 52.1 Å². The second kappa shape index (κ2) is 4.34. The molecule has 0 spiro atoms. The molecule has 0 unspecified atom stereocenters. The van der Waals surface area contributed by atoms with Gasteiger partial charge in [0.25, 0.3) is 0 Å². The minimum Gasteiger partial charge on any atom is -0.462 e. The van der Waals surface area contributed by atoms with Gasteiger partial charge in [-0.25, -0.2) is 9.78 Å². The minimum absolute atomic E-state index is 0.333. The summed E-state index contributed by atoms with van der Waals surface area (Å²) in [5, 5.41) is 2.05. The van der Waals surface area contributed by atoms with Crippen molar-refractivity contribution in [2.24, 2.45) is 0 Å². The summed E-state index contributed by atoms with van der Waals surface area (Å²) in [7, 11) is 0. The minimum atomic E-state index is -0.333. The van der Waals surface area contributed by atoms with Crippen molar-refractivity contribution < 1.29 is 9.53 Å². The molecule has 0 bridgehead atoms. The number of aromatic nitrogens is 2. The van der Waals surface area contributed by atoms with Gasteiger partial charge in [-0.15, -0.1) is 11.3 Å². The van der Waals surface area contributed by atoms with Gasteiger partial charge in [-0.1, -0.05) is 0 Å². The Morgan fingerprint density at radius 3 is 3.11 bits per heavy atom. The molecule has 0 aliphatic heterocycles. The third kappa shape index (κ3) is 1.73. The van der Waals surface area contributed by atoms with Crippen LogP contribution in [0.15, 0.2) is 30.7 Å². The van der Waals surface area contributed by atoms with Gasteiger partial charge >= 0.3 is 5.97 Å². The predicted molar refractivity (Wildman–Crippen MR) is 70.9 cm³/mol. The Hall–Kier alpha value is -2.01. The summed E-state index contributed by atoms with van der Waals surface area (Å²) >= 11 is 1.57. The summed E-state index contributed by atoms with van der Waals surface area (Å²) in [4.78, 5) is 21.0. The third-order valence-corrected chi connectivity index (χ3v) is 3.71. The number of fused-ring (bicyclic) bond motifs is 3. The van der Waals surface area contributed by atoms with E-state index in [-0.39, 0.29) is 5.97 Å². The first-order valence-electron chi connectivity index (χ1n) is 5.59. The predicted octanol–water partition coefficient (Wildman–Crippen LogP) is 3.02. The number of esters is 1. The molecule has 18 heavy (non-hydrogen) atoms. The molecule has 0 saturated carbocycles. The Labute approximate surface area is 107 Å². The Kier molecular flexibility index (Phi) is 2.68. The van der Waals surface area contributed by atoms with Crippen molar-refractivity contribution in [3.63, 3.8) is 0 Å². The van der Waals surface area contributed by atoms with Crippen LogP contribution in [-0.4, -0.2) is 22.5 Å². The zero-order valence-electron chi connectivity index (χ0n) is 9.71. The van der Waals surface area contributed by atoms with Crippen molar-refractivity contribution in [3.05, 3.63) is 36.3 Å². The van der Waals surface area contributed by atoms with Crippen molar-refractivity contribution >= 4 is 37.6 Å². The van der Waals surface area contributed by atoms with Gasteiger partial charge in [-0.2, -0.15) is 0 Å². The number of rotatable bonds is 2. The molecule has 0 fully saturated rings. The highest BCUT2D eigenvalue weighted by Gasteiger charge is 2.11. The van der Waals surface area contributed by atoms with Crippen LogP contribution in [0.1, 0.15) is 17.3 Å². The van der Waals surface area contributed by atoms with Crippen LogP contribution in [0.25, 0.3) is 20.3 Å². The summed E-state index contributed by atoms with van der Waals surface area (Å²) < 4.78 is 6.05. The van der Waals surface area contributed by atoms with E-state index >= 15 is 0 Å². The average molecular weight is 258 g/mol. The maximum absolute atomic E-state index is 11.7. The summed E-state index contributed by atoms with van der Waals surface area (Å²) in [6.45, 7) is 2.15. The summed E-state index contributed by atoms with van der Waals surface area (Å²) in [5.74, 6) is -0.333. The molecule has 3 aromatic heterocycles. The van der Waals surface area contributed by atoms with Crippen molar-refractivity contribution in [3.8, 4) is 0 Å². The molecule has 4 nitrogen and oxygen atoms in total. The van der Waals surface area contributed by atoms with Gasteiger partial charge in [0, 0.05) is 29.4 Å². The van der Waals surface area contributed by atoms with Crippen LogP contribution >= 0.6 is 11.3 Å². The quantitative estimate of drug-likeness (QED) is 0.663. The van der Waals surface area contributed by atoms with E-state index in [9.17, 15) is 4.79 Å². The van der Waals surface area contributed by atoms with E-state index in [4.69, 9.17) is 4.74 Å². The fourth-order valence-corrected chi connectivity index (χ4v) is 2.83. The lowest BCUT2D eigenvalue weighted by molar-refractivity contribution is 0.0526. The molecule has 0 N–H and O–H groups in total. The number of carbonyl (C=O) groups is 1.